The Morgan fingerprint density at radius 1 is 0.909 bits per heavy atom. The standard InChI is InChI=1S/C25H22N4O4/c1-33-22(30)15-21(16-8-4-2-5-9-16)26-25(32)18-12-13-20-19(14-18)23(29-28-20)27-24(31)17-10-6-3-7-11-17/h2-14,21H,15H2,1H3,(H,26,32)(H2,27,28,29,31). The largest absolute Gasteiger partial charge is 0.469 e. The second-order valence-electron chi connectivity index (χ2n) is 7.37. The Balaban J connectivity index is 1.57. The molecule has 4 rings (SSSR count). The number of methoxy groups -OCH3 is 1. The molecule has 0 aliphatic carbocycles. The van der Waals surface area contributed by atoms with Crippen LogP contribution >= 0.6 is 0 Å². The van der Waals surface area contributed by atoms with E-state index in [0.29, 0.717) is 27.8 Å². The highest BCUT2D eigenvalue weighted by atomic mass is 16.5. The van der Waals surface area contributed by atoms with Gasteiger partial charge in [-0.25, -0.2) is 0 Å². The Bertz CT molecular complexity index is 1290. The van der Waals surface area contributed by atoms with Crippen LogP contribution in [0.15, 0.2) is 78.9 Å². The van der Waals surface area contributed by atoms with Crippen molar-refractivity contribution in [2.45, 2.75) is 12.5 Å². The van der Waals surface area contributed by atoms with E-state index < -0.39 is 12.0 Å². The van der Waals surface area contributed by atoms with Gasteiger partial charge in [0.2, 0.25) is 0 Å². The van der Waals surface area contributed by atoms with Crippen LogP contribution in [0.25, 0.3) is 10.9 Å². The molecule has 0 saturated heterocycles. The molecule has 0 spiro atoms. The number of nitrogens with zero attached hydrogens (tertiary/aromatic N) is 1. The minimum atomic E-state index is -0.552. The number of hydrogen-bond acceptors (Lipinski definition) is 5. The van der Waals surface area contributed by atoms with E-state index in [9.17, 15) is 14.4 Å². The predicted octanol–water partition coefficient (Wildman–Crippen LogP) is 3.85. The molecule has 0 radical (unpaired) electrons. The van der Waals surface area contributed by atoms with E-state index in [1.165, 1.54) is 7.11 Å². The van der Waals surface area contributed by atoms with Crippen molar-refractivity contribution in [3.05, 3.63) is 95.6 Å². The van der Waals surface area contributed by atoms with E-state index in [1.807, 2.05) is 36.4 Å². The Labute approximate surface area is 190 Å². The Kier molecular flexibility index (Phi) is 6.45. The molecule has 8 nitrogen and oxygen atoms in total. The first-order valence-corrected chi connectivity index (χ1v) is 10.3. The fourth-order valence-corrected chi connectivity index (χ4v) is 3.45. The third-order valence-corrected chi connectivity index (χ3v) is 5.20. The third kappa shape index (κ3) is 5.07. The quantitative estimate of drug-likeness (QED) is 0.376. The zero-order chi connectivity index (χ0) is 23.2. The zero-order valence-electron chi connectivity index (χ0n) is 17.9. The van der Waals surface area contributed by atoms with E-state index in [-0.39, 0.29) is 18.2 Å². The molecule has 8 heteroatoms. The molecule has 33 heavy (non-hydrogen) atoms. The van der Waals surface area contributed by atoms with Crippen LogP contribution in [0.3, 0.4) is 0 Å². The summed E-state index contributed by atoms with van der Waals surface area (Å²) in [5.74, 6) is -0.778. The van der Waals surface area contributed by atoms with Crippen LogP contribution < -0.4 is 10.6 Å². The Morgan fingerprint density at radius 3 is 2.30 bits per heavy atom. The second kappa shape index (κ2) is 9.78. The molecule has 166 valence electrons. The molecule has 0 aliphatic rings. The molecule has 1 atom stereocenters. The molecule has 3 N–H and O–H groups in total. The number of rotatable bonds is 7. The van der Waals surface area contributed by atoms with Crippen LogP contribution in [0, 0.1) is 0 Å². The van der Waals surface area contributed by atoms with Gasteiger partial charge in [-0.15, -0.1) is 0 Å². The number of nitrogens with one attached hydrogen (secondary N) is 3. The summed E-state index contributed by atoms with van der Waals surface area (Å²) >= 11 is 0. The van der Waals surface area contributed by atoms with Crippen LogP contribution in [-0.4, -0.2) is 35.1 Å². The summed E-state index contributed by atoms with van der Waals surface area (Å²) in [4.78, 5) is 37.4. The minimum Gasteiger partial charge on any atom is -0.469 e. The fraction of sp³-hybridized carbons (Fsp3) is 0.120. The first kappa shape index (κ1) is 21.8. The molecule has 3 aromatic carbocycles. The lowest BCUT2D eigenvalue weighted by Crippen LogP contribution is -2.30. The highest BCUT2D eigenvalue weighted by Gasteiger charge is 2.20. The fourth-order valence-electron chi connectivity index (χ4n) is 3.45. The van der Waals surface area contributed by atoms with E-state index in [2.05, 4.69) is 20.8 Å². The summed E-state index contributed by atoms with van der Waals surface area (Å²) in [7, 11) is 1.31. The zero-order valence-corrected chi connectivity index (χ0v) is 17.9. The normalized spacial score (nSPS) is 11.5. The maximum Gasteiger partial charge on any atom is 0.307 e. The van der Waals surface area contributed by atoms with E-state index in [0.717, 1.165) is 5.56 Å². The second-order valence-corrected chi connectivity index (χ2v) is 7.37. The summed E-state index contributed by atoms with van der Waals surface area (Å²) in [6.07, 6.45) is -0.00140. The number of benzene rings is 3. The van der Waals surface area contributed by atoms with Crippen LogP contribution in [0.1, 0.15) is 38.7 Å². The number of esters is 1. The van der Waals surface area contributed by atoms with Gasteiger partial charge in [-0.2, -0.15) is 5.10 Å². The average Bonchev–Trinajstić information content (AvgIpc) is 3.26. The van der Waals surface area contributed by atoms with E-state index in [4.69, 9.17) is 4.74 Å². The molecular weight excluding hydrogens is 420 g/mol. The first-order valence-electron chi connectivity index (χ1n) is 10.3. The topological polar surface area (TPSA) is 113 Å². The first-order chi connectivity index (χ1) is 16.0. The molecule has 0 aliphatic heterocycles. The molecule has 1 unspecified atom stereocenters. The van der Waals surface area contributed by atoms with Crippen LogP contribution in [0.2, 0.25) is 0 Å². The minimum absolute atomic E-state index is 0.00140. The number of H-pyrrole nitrogens is 1. The molecule has 0 bridgehead atoms. The number of carbonyl (C=O) groups excluding carboxylic acids is 3. The molecule has 0 fully saturated rings. The van der Waals surface area contributed by atoms with Gasteiger partial charge >= 0.3 is 5.97 Å². The van der Waals surface area contributed by atoms with E-state index in [1.54, 1.807) is 42.5 Å². The van der Waals surface area contributed by atoms with Gasteiger partial charge in [-0.1, -0.05) is 48.5 Å². The van der Waals surface area contributed by atoms with E-state index >= 15 is 0 Å². The maximum atomic E-state index is 13.0. The number of aromatic amines is 1. The summed E-state index contributed by atoms with van der Waals surface area (Å²) in [5, 5.41) is 13.3. The summed E-state index contributed by atoms with van der Waals surface area (Å²) in [6, 6.07) is 22.5. The van der Waals surface area contributed by atoms with Gasteiger partial charge in [-0.05, 0) is 35.9 Å². The number of ether oxygens (including phenoxy) is 1. The third-order valence-electron chi connectivity index (χ3n) is 5.20. The van der Waals surface area contributed by atoms with Crippen LogP contribution in [-0.2, 0) is 9.53 Å². The van der Waals surface area contributed by atoms with Crippen molar-refractivity contribution in [2.75, 3.05) is 12.4 Å². The molecule has 0 saturated carbocycles. The molecule has 1 heterocycles. The lowest BCUT2D eigenvalue weighted by atomic mass is 10.0. The van der Waals surface area contributed by atoms with Gasteiger partial charge < -0.3 is 15.4 Å². The Hall–Kier alpha value is -4.46. The smallest absolute Gasteiger partial charge is 0.307 e. The van der Waals surface area contributed by atoms with Crippen molar-refractivity contribution < 1.29 is 19.1 Å². The number of amides is 2. The van der Waals surface area contributed by atoms with Crippen molar-refractivity contribution in [1.82, 2.24) is 15.5 Å². The molecule has 4 aromatic rings. The summed E-state index contributed by atoms with van der Waals surface area (Å²) in [6.45, 7) is 0. The van der Waals surface area contributed by atoms with Crippen molar-refractivity contribution in [3.63, 3.8) is 0 Å². The number of hydrogen-bond donors (Lipinski definition) is 3. The van der Waals surface area contributed by atoms with Gasteiger partial charge in [0, 0.05) is 16.5 Å². The average molecular weight is 442 g/mol. The van der Waals surface area contributed by atoms with Gasteiger partial charge in [0.15, 0.2) is 5.82 Å². The lowest BCUT2D eigenvalue weighted by Gasteiger charge is -2.18. The van der Waals surface area contributed by atoms with Crippen molar-refractivity contribution >= 4 is 34.5 Å². The van der Waals surface area contributed by atoms with Gasteiger partial charge in [0.25, 0.3) is 11.8 Å². The highest BCUT2D eigenvalue weighted by molar-refractivity contribution is 6.09. The molecule has 1 aromatic heterocycles. The summed E-state index contributed by atoms with van der Waals surface area (Å²) in [5.41, 5.74) is 2.32. The van der Waals surface area contributed by atoms with Gasteiger partial charge in [-0.3, -0.25) is 19.5 Å². The SMILES string of the molecule is COC(=O)CC(NC(=O)c1ccc2[nH]nc(NC(=O)c3ccccc3)c2c1)c1ccccc1. The molecular formula is C25H22N4O4. The Morgan fingerprint density at radius 2 is 1.61 bits per heavy atom. The monoisotopic (exact) mass is 442 g/mol. The van der Waals surface area contributed by atoms with Gasteiger partial charge in [0.1, 0.15) is 0 Å². The predicted molar refractivity (Wildman–Crippen MR) is 124 cm³/mol. The number of aromatic nitrogens is 2. The molecule has 2 amide bonds. The lowest BCUT2D eigenvalue weighted by molar-refractivity contribution is -0.141. The van der Waals surface area contributed by atoms with Crippen LogP contribution in [0.4, 0.5) is 5.82 Å². The highest BCUT2D eigenvalue weighted by Crippen LogP contribution is 2.24. The number of anilines is 1. The van der Waals surface area contributed by atoms with Crippen molar-refractivity contribution in [2.24, 2.45) is 0 Å². The van der Waals surface area contributed by atoms with Crippen molar-refractivity contribution in [1.29, 1.82) is 0 Å². The number of carbonyl (C=O) groups is 3. The van der Waals surface area contributed by atoms with Gasteiger partial charge in [0.05, 0.1) is 25.1 Å². The maximum absolute atomic E-state index is 13.0. The number of fused-ring (bicyclic) bond motifs is 1. The van der Waals surface area contributed by atoms with Crippen LogP contribution in [0.5, 0.6) is 0 Å². The summed E-state index contributed by atoms with van der Waals surface area (Å²) < 4.78 is 4.78. The van der Waals surface area contributed by atoms with Crippen molar-refractivity contribution in [3.8, 4) is 0 Å².